The van der Waals surface area contributed by atoms with E-state index < -0.39 is 0 Å². The van der Waals surface area contributed by atoms with Crippen LogP contribution in [0.4, 0.5) is 5.82 Å². The molecule has 18 heavy (non-hydrogen) atoms. The van der Waals surface area contributed by atoms with E-state index in [9.17, 15) is 0 Å². The summed E-state index contributed by atoms with van der Waals surface area (Å²) in [5.74, 6) is 1.05. The molecule has 1 N–H and O–H groups in total. The molecule has 0 amide bonds. The first kappa shape index (κ1) is 13.3. The lowest BCUT2D eigenvalue weighted by molar-refractivity contribution is 0.446. The fourth-order valence-corrected chi connectivity index (χ4v) is 2.60. The zero-order valence-corrected chi connectivity index (χ0v) is 11.5. The summed E-state index contributed by atoms with van der Waals surface area (Å²) >= 11 is 0. The van der Waals surface area contributed by atoms with Gasteiger partial charge in [0.2, 0.25) is 0 Å². The van der Waals surface area contributed by atoms with Gasteiger partial charge in [0.15, 0.2) is 0 Å². The molecule has 1 aliphatic rings. The van der Waals surface area contributed by atoms with E-state index in [0.29, 0.717) is 6.04 Å². The number of anilines is 1. The van der Waals surface area contributed by atoms with Gasteiger partial charge in [-0.3, -0.25) is 4.98 Å². The van der Waals surface area contributed by atoms with Crippen molar-refractivity contribution in [1.29, 1.82) is 0 Å². The van der Waals surface area contributed by atoms with Crippen LogP contribution in [0.15, 0.2) is 12.4 Å². The molecule has 4 heteroatoms. The van der Waals surface area contributed by atoms with Crippen molar-refractivity contribution in [2.24, 2.45) is 0 Å². The molecule has 2 heterocycles. The maximum Gasteiger partial charge on any atom is 0.147 e. The van der Waals surface area contributed by atoms with E-state index in [1.807, 2.05) is 12.4 Å². The molecule has 0 bridgehead atoms. The predicted octanol–water partition coefficient (Wildman–Crippen LogP) is 2.36. The third-order valence-corrected chi connectivity index (χ3v) is 3.62. The van der Waals surface area contributed by atoms with Crippen LogP contribution >= 0.6 is 0 Å². The SMILES string of the molecule is CCNCc1cncc(N2CCCCC2CC)n1. The quantitative estimate of drug-likeness (QED) is 0.868. The van der Waals surface area contributed by atoms with Crippen LogP contribution in [0.5, 0.6) is 0 Å². The van der Waals surface area contributed by atoms with E-state index in [1.165, 1.54) is 25.7 Å². The van der Waals surface area contributed by atoms with Gasteiger partial charge in [-0.05, 0) is 32.2 Å². The molecule has 1 fully saturated rings. The molecule has 1 saturated heterocycles. The van der Waals surface area contributed by atoms with Gasteiger partial charge in [-0.15, -0.1) is 0 Å². The standard InChI is InChI=1S/C14H24N4/c1-3-13-7-5-6-8-18(13)14-11-16-10-12(17-14)9-15-4-2/h10-11,13,15H,3-9H2,1-2H3. The minimum atomic E-state index is 0.641. The lowest BCUT2D eigenvalue weighted by atomic mass is 10.0. The van der Waals surface area contributed by atoms with Crippen molar-refractivity contribution in [3.05, 3.63) is 18.1 Å². The van der Waals surface area contributed by atoms with E-state index in [1.54, 1.807) is 0 Å². The van der Waals surface area contributed by atoms with E-state index in [4.69, 9.17) is 4.98 Å². The minimum Gasteiger partial charge on any atom is -0.352 e. The molecule has 0 radical (unpaired) electrons. The summed E-state index contributed by atoms with van der Waals surface area (Å²) in [6.07, 6.45) is 8.87. The van der Waals surface area contributed by atoms with Gasteiger partial charge in [0.1, 0.15) is 5.82 Å². The Bertz CT molecular complexity index is 367. The van der Waals surface area contributed by atoms with E-state index >= 15 is 0 Å². The predicted molar refractivity (Wildman–Crippen MR) is 74.7 cm³/mol. The van der Waals surface area contributed by atoms with Crippen LogP contribution in [0.2, 0.25) is 0 Å². The summed E-state index contributed by atoms with van der Waals surface area (Å²) in [6, 6.07) is 0.641. The molecular weight excluding hydrogens is 224 g/mol. The third kappa shape index (κ3) is 3.19. The van der Waals surface area contributed by atoms with Gasteiger partial charge in [-0.2, -0.15) is 0 Å². The zero-order valence-electron chi connectivity index (χ0n) is 11.5. The van der Waals surface area contributed by atoms with E-state index in [2.05, 4.69) is 29.0 Å². The molecule has 0 spiro atoms. The maximum absolute atomic E-state index is 4.73. The number of nitrogens with zero attached hydrogens (tertiary/aromatic N) is 3. The van der Waals surface area contributed by atoms with Gasteiger partial charge >= 0.3 is 0 Å². The second-order valence-corrected chi connectivity index (χ2v) is 4.90. The van der Waals surface area contributed by atoms with Gasteiger partial charge in [-0.1, -0.05) is 13.8 Å². The second-order valence-electron chi connectivity index (χ2n) is 4.90. The first-order valence-corrected chi connectivity index (χ1v) is 7.13. The highest BCUT2D eigenvalue weighted by molar-refractivity contribution is 5.38. The molecule has 2 rings (SSSR count). The van der Waals surface area contributed by atoms with Crippen molar-refractivity contribution in [1.82, 2.24) is 15.3 Å². The van der Waals surface area contributed by atoms with Crippen molar-refractivity contribution in [2.45, 2.75) is 52.1 Å². The van der Waals surface area contributed by atoms with Gasteiger partial charge in [0.25, 0.3) is 0 Å². The number of rotatable bonds is 5. The molecule has 0 aromatic carbocycles. The fourth-order valence-electron chi connectivity index (χ4n) is 2.60. The van der Waals surface area contributed by atoms with Crippen LogP contribution in [0.1, 0.15) is 45.2 Å². The summed E-state index contributed by atoms with van der Waals surface area (Å²) in [4.78, 5) is 11.5. The van der Waals surface area contributed by atoms with Crippen LogP contribution in [0.3, 0.4) is 0 Å². The highest BCUT2D eigenvalue weighted by Crippen LogP contribution is 2.24. The smallest absolute Gasteiger partial charge is 0.147 e. The van der Waals surface area contributed by atoms with Crippen LogP contribution in [-0.4, -0.2) is 29.1 Å². The number of nitrogens with one attached hydrogen (secondary N) is 1. The molecule has 1 aromatic heterocycles. The number of hydrogen-bond donors (Lipinski definition) is 1. The molecule has 100 valence electrons. The molecule has 0 aliphatic carbocycles. The van der Waals surface area contributed by atoms with Gasteiger partial charge in [-0.25, -0.2) is 4.98 Å². The molecule has 1 unspecified atom stereocenters. The highest BCUT2D eigenvalue weighted by Gasteiger charge is 2.22. The van der Waals surface area contributed by atoms with E-state index in [0.717, 1.165) is 31.1 Å². The van der Waals surface area contributed by atoms with Crippen LogP contribution in [-0.2, 0) is 6.54 Å². The summed E-state index contributed by atoms with van der Waals surface area (Å²) in [5, 5.41) is 3.30. The molecule has 1 aromatic rings. The Morgan fingerprint density at radius 2 is 2.22 bits per heavy atom. The van der Waals surface area contributed by atoms with Crippen molar-refractivity contribution >= 4 is 5.82 Å². The van der Waals surface area contributed by atoms with E-state index in [-0.39, 0.29) is 0 Å². The van der Waals surface area contributed by atoms with Crippen molar-refractivity contribution < 1.29 is 0 Å². The lowest BCUT2D eigenvalue weighted by Crippen LogP contribution is -2.39. The second kappa shape index (κ2) is 6.69. The first-order valence-electron chi connectivity index (χ1n) is 7.13. The van der Waals surface area contributed by atoms with Crippen LogP contribution in [0.25, 0.3) is 0 Å². The fraction of sp³-hybridized carbons (Fsp3) is 0.714. The molecular formula is C14H24N4. The molecule has 4 nitrogen and oxygen atoms in total. The number of piperidine rings is 1. The highest BCUT2D eigenvalue weighted by atomic mass is 15.2. The Balaban J connectivity index is 2.10. The number of aromatic nitrogens is 2. The van der Waals surface area contributed by atoms with Crippen molar-refractivity contribution in [3.63, 3.8) is 0 Å². The molecule has 1 aliphatic heterocycles. The summed E-state index contributed by atoms with van der Waals surface area (Å²) in [7, 11) is 0. The topological polar surface area (TPSA) is 41.1 Å². The summed E-state index contributed by atoms with van der Waals surface area (Å²) < 4.78 is 0. The number of hydrogen-bond acceptors (Lipinski definition) is 4. The van der Waals surface area contributed by atoms with Gasteiger partial charge < -0.3 is 10.2 Å². The minimum absolute atomic E-state index is 0.641. The largest absolute Gasteiger partial charge is 0.352 e. The molecule has 0 saturated carbocycles. The van der Waals surface area contributed by atoms with Crippen molar-refractivity contribution in [3.8, 4) is 0 Å². The Morgan fingerprint density at radius 1 is 1.33 bits per heavy atom. The average molecular weight is 248 g/mol. The van der Waals surface area contributed by atoms with Gasteiger partial charge in [0, 0.05) is 25.3 Å². The molecule has 1 atom stereocenters. The normalized spacial score (nSPS) is 20.1. The zero-order chi connectivity index (χ0) is 12.8. The Kier molecular flexibility index (Phi) is 4.93. The van der Waals surface area contributed by atoms with Gasteiger partial charge in [0.05, 0.1) is 11.9 Å². The lowest BCUT2D eigenvalue weighted by Gasteiger charge is -2.36. The Morgan fingerprint density at radius 3 is 3.00 bits per heavy atom. The Labute approximate surface area is 110 Å². The van der Waals surface area contributed by atoms with Crippen LogP contribution in [0, 0.1) is 0 Å². The van der Waals surface area contributed by atoms with Crippen LogP contribution < -0.4 is 10.2 Å². The van der Waals surface area contributed by atoms with Crippen molar-refractivity contribution in [2.75, 3.05) is 18.0 Å². The first-order chi connectivity index (χ1) is 8.85. The summed E-state index contributed by atoms with van der Waals surface area (Å²) in [5.41, 5.74) is 1.04. The third-order valence-electron chi connectivity index (χ3n) is 3.62. The monoisotopic (exact) mass is 248 g/mol. The summed E-state index contributed by atoms with van der Waals surface area (Å²) in [6.45, 7) is 7.26. The Hall–Kier alpha value is -1.16. The average Bonchev–Trinajstić information content (AvgIpc) is 2.45. The maximum atomic E-state index is 4.73.